The van der Waals surface area contributed by atoms with Crippen molar-refractivity contribution in [1.29, 1.82) is 0 Å². The molecule has 46 heavy (non-hydrogen) atoms. The first-order chi connectivity index (χ1) is 21.4. The molecule has 0 unspecified atom stereocenters. The van der Waals surface area contributed by atoms with E-state index < -0.39 is 37.9 Å². The molecule has 1 saturated carbocycles. The Labute approximate surface area is 271 Å². The molecule has 3 atom stereocenters. The van der Waals surface area contributed by atoms with E-state index in [9.17, 15) is 18.0 Å². The van der Waals surface area contributed by atoms with Gasteiger partial charge in [-0.25, -0.2) is 0 Å². The molecule has 0 bridgehead atoms. The zero-order chi connectivity index (χ0) is 33.4. The van der Waals surface area contributed by atoms with E-state index in [1.165, 1.54) is 19.1 Å². The summed E-state index contributed by atoms with van der Waals surface area (Å²) >= 11 is 0. The fourth-order valence-electron chi connectivity index (χ4n) is 7.81. The highest BCUT2D eigenvalue weighted by Gasteiger charge is 2.58. The maximum atomic E-state index is 13.6. The minimum atomic E-state index is -4.43. The van der Waals surface area contributed by atoms with Crippen molar-refractivity contribution in [3.8, 4) is 0 Å². The normalized spacial score (nSPS) is 25.3. The number of benzene rings is 1. The molecule has 1 aromatic carbocycles. The fourth-order valence-corrected chi connectivity index (χ4v) is 9.08. The summed E-state index contributed by atoms with van der Waals surface area (Å²) in [4.78, 5) is 18.1. The van der Waals surface area contributed by atoms with Gasteiger partial charge in [0.15, 0.2) is 0 Å². The number of carbonyl (C=O) groups excluding carboxylic acids is 1. The molecule has 2 aliphatic carbocycles. The summed E-state index contributed by atoms with van der Waals surface area (Å²) in [6.07, 6.45) is -0.982. The number of esters is 1. The zero-order valence-electron chi connectivity index (χ0n) is 28.4. The highest BCUT2D eigenvalue weighted by Crippen LogP contribution is 2.65. The molecule has 0 N–H and O–H groups in total. The minimum absolute atomic E-state index is 0.0217. The largest absolute Gasteiger partial charge is 0.559 e. The van der Waals surface area contributed by atoms with Gasteiger partial charge in [0, 0.05) is 61.3 Å². The van der Waals surface area contributed by atoms with Crippen molar-refractivity contribution in [3.05, 3.63) is 63.5 Å². The minimum Gasteiger partial charge on any atom is -0.559 e. The van der Waals surface area contributed by atoms with Gasteiger partial charge >= 0.3 is 12.1 Å². The Hall–Kier alpha value is -2.27. The first-order valence-electron chi connectivity index (χ1n) is 16.7. The maximum absolute atomic E-state index is 13.6. The maximum Gasteiger partial charge on any atom is 0.416 e. The Morgan fingerprint density at radius 2 is 1.65 bits per heavy atom. The lowest BCUT2D eigenvalue weighted by Crippen LogP contribution is -2.49. The van der Waals surface area contributed by atoms with Crippen molar-refractivity contribution in [2.24, 2.45) is 5.41 Å². The number of alkyl halides is 3. The number of nitrogens with zero attached hydrogens (tertiary/aromatic N) is 1. The number of carbonyl (C=O) groups is 1. The molecular formula is C36H48F3NO5Si-. The molecule has 6 rings (SSSR count). The van der Waals surface area contributed by atoms with Crippen molar-refractivity contribution >= 4 is 14.3 Å². The highest BCUT2D eigenvalue weighted by atomic mass is 28.4. The molecule has 0 radical (unpaired) electrons. The number of rotatable bonds is 5. The topological polar surface area (TPSA) is 66.9 Å². The molecule has 4 aliphatic rings. The average molecular weight is 660 g/mol. The van der Waals surface area contributed by atoms with Crippen LogP contribution in [-0.2, 0) is 35.2 Å². The van der Waals surface area contributed by atoms with Crippen LogP contribution in [0.2, 0.25) is 18.1 Å². The number of ether oxygens (including phenoxy) is 3. The standard InChI is InChI=1S/C36H48F3NO5Si/c1-21(2)29-27-28(35(16-18-42-19-17-35)44-31(27)23-10-12-24(13-11-23)36(37,38)39)26-25(45-46(7,8)33(4,5)6)20-34(14-9-15-34)32(30(26)40-29)43-22(3)41/h10-13,21,25,31-32H,9,14-20H2,1-8H3/q-1/t25-,31+,32+/m0/s1. The number of halogens is 3. The Bertz CT molecular complexity index is 1490. The Balaban J connectivity index is 1.64. The van der Waals surface area contributed by atoms with Crippen LogP contribution in [0.3, 0.4) is 0 Å². The lowest BCUT2D eigenvalue weighted by Gasteiger charge is -2.57. The van der Waals surface area contributed by atoms with Crippen molar-refractivity contribution in [1.82, 2.24) is 4.98 Å². The number of hydrogen-bond acceptors (Lipinski definition) is 6. The summed E-state index contributed by atoms with van der Waals surface area (Å²) in [7, 11) is -2.31. The first-order valence-corrected chi connectivity index (χ1v) is 19.7. The summed E-state index contributed by atoms with van der Waals surface area (Å²) in [5, 5.41) is -0.0449. The summed E-state index contributed by atoms with van der Waals surface area (Å²) in [5.74, 6) is -0.356. The van der Waals surface area contributed by atoms with Crippen LogP contribution in [0.4, 0.5) is 13.2 Å². The van der Waals surface area contributed by atoms with Crippen LogP contribution in [-0.4, -0.2) is 32.5 Å². The average Bonchev–Trinajstić information content (AvgIpc) is 3.25. The quantitative estimate of drug-likeness (QED) is 0.235. The number of pyridine rings is 1. The molecule has 1 aromatic heterocycles. The van der Waals surface area contributed by atoms with Crippen molar-refractivity contribution in [2.45, 2.75) is 134 Å². The smallest absolute Gasteiger partial charge is 0.416 e. The fraction of sp³-hybridized carbons (Fsp3) is 0.667. The van der Waals surface area contributed by atoms with Gasteiger partial charge in [0.05, 0.1) is 16.9 Å². The Morgan fingerprint density at radius 1 is 1.02 bits per heavy atom. The lowest BCUT2D eigenvalue weighted by molar-refractivity contribution is -0.167. The van der Waals surface area contributed by atoms with Gasteiger partial charge in [0.1, 0.15) is 12.2 Å². The van der Waals surface area contributed by atoms with Crippen LogP contribution < -0.4 is 0 Å². The summed E-state index contributed by atoms with van der Waals surface area (Å²) in [6, 6.07) is 5.34. The van der Waals surface area contributed by atoms with Gasteiger partial charge in [-0.2, -0.15) is 13.2 Å². The highest BCUT2D eigenvalue weighted by molar-refractivity contribution is 6.74. The molecular weight excluding hydrogens is 611 g/mol. The predicted octanol–water partition coefficient (Wildman–Crippen LogP) is 9.59. The van der Waals surface area contributed by atoms with Gasteiger partial charge in [-0.05, 0) is 56.8 Å². The van der Waals surface area contributed by atoms with E-state index in [1.54, 1.807) is 0 Å². The second-order valence-electron chi connectivity index (χ2n) is 15.7. The van der Waals surface area contributed by atoms with Crippen molar-refractivity contribution < 1.29 is 36.6 Å². The Morgan fingerprint density at radius 3 is 2.15 bits per heavy atom. The van der Waals surface area contributed by atoms with Gasteiger partial charge in [-0.1, -0.05) is 53.2 Å². The van der Waals surface area contributed by atoms with E-state index >= 15 is 0 Å². The van der Waals surface area contributed by atoms with Gasteiger partial charge in [-0.3, -0.25) is 9.78 Å². The lowest BCUT2D eigenvalue weighted by atomic mass is 9.57. The van der Waals surface area contributed by atoms with E-state index in [0.29, 0.717) is 31.6 Å². The van der Waals surface area contributed by atoms with Crippen LogP contribution >= 0.6 is 0 Å². The van der Waals surface area contributed by atoms with Crippen molar-refractivity contribution in [3.63, 3.8) is 0 Å². The van der Waals surface area contributed by atoms with Crippen LogP contribution in [0.5, 0.6) is 0 Å². The summed E-state index contributed by atoms with van der Waals surface area (Å²) in [6.45, 7) is 17.9. The molecule has 2 fully saturated rings. The SMILES string of the molecule is CC(=O)O[C@@H]1c2nc(C(C)C)c3c(c2[C@@H](O[Si-](C)(C)C(C)(C)C)CC12CCC2)C1(CCOCC1)O[C@@H]3c1ccc(C(F)(F)F)cc1. The third kappa shape index (κ3) is 5.54. The van der Waals surface area contributed by atoms with Gasteiger partial charge in [0.2, 0.25) is 0 Å². The number of fused-ring (bicyclic) bond motifs is 4. The predicted molar refractivity (Wildman–Crippen MR) is 171 cm³/mol. The molecule has 6 nitrogen and oxygen atoms in total. The van der Waals surface area contributed by atoms with Gasteiger partial charge in [-0.15, -0.1) is 18.1 Å². The third-order valence-electron chi connectivity index (χ3n) is 11.4. The van der Waals surface area contributed by atoms with Gasteiger partial charge < -0.3 is 18.6 Å². The van der Waals surface area contributed by atoms with Crippen LogP contribution in [0.25, 0.3) is 0 Å². The molecule has 2 aromatic rings. The second-order valence-corrected chi connectivity index (χ2v) is 20.5. The molecule has 2 aliphatic heterocycles. The molecule has 3 heterocycles. The number of hydrogen-bond donors (Lipinski definition) is 0. The van der Waals surface area contributed by atoms with Crippen LogP contribution in [0, 0.1) is 5.41 Å². The van der Waals surface area contributed by atoms with Crippen LogP contribution in [0.15, 0.2) is 24.3 Å². The van der Waals surface area contributed by atoms with E-state index in [2.05, 4.69) is 47.7 Å². The molecule has 1 saturated heterocycles. The molecule has 2 spiro atoms. The summed E-state index contributed by atoms with van der Waals surface area (Å²) < 4.78 is 67.3. The Kier molecular flexibility index (Phi) is 8.34. The van der Waals surface area contributed by atoms with Crippen molar-refractivity contribution in [2.75, 3.05) is 13.2 Å². The second kappa shape index (κ2) is 11.4. The van der Waals surface area contributed by atoms with E-state index in [1.807, 2.05) is 0 Å². The molecule has 253 valence electrons. The van der Waals surface area contributed by atoms with Gasteiger partial charge in [0.25, 0.3) is 0 Å². The first kappa shape index (κ1) is 33.6. The van der Waals surface area contributed by atoms with Crippen LogP contribution in [0.1, 0.15) is 144 Å². The summed E-state index contributed by atoms with van der Waals surface area (Å²) in [5.41, 5.74) is 3.50. The number of aromatic nitrogens is 1. The van der Waals surface area contributed by atoms with E-state index in [4.69, 9.17) is 23.6 Å². The monoisotopic (exact) mass is 659 g/mol. The molecule has 10 heteroatoms. The zero-order valence-corrected chi connectivity index (χ0v) is 29.4. The van der Waals surface area contributed by atoms with E-state index in [-0.39, 0.29) is 28.4 Å². The molecule has 0 amide bonds. The third-order valence-corrected chi connectivity index (χ3v) is 15.9. The van der Waals surface area contributed by atoms with E-state index in [0.717, 1.165) is 65.9 Å².